The number of carbonyl (C=O) groups is 1. The summed E-state index contributed by atoms with van der Waals surface area (Å²) in [6.45, 7) is 3.05. The fourth-order valence-corrected chi connectivity index (χ4v) is 3.54. The first-order chi connectivity index (χ1) is 13.5. The van der Waals surface area contributed by atoms with Gasteiger partial charge in [-0.3, -0.25) is 9.52 Å². The number of anilines is 1. The highest BCUT2D eigenvalue weighted by molar-refractivity contribution is 7.92. The third-order valence-electron chi connectivity index (χ3n) is 3.81. The summed E-state index contributed by atoms with van der Waals surface area (Å²) in [4.78, 5) is 19.7. The van der Waals surface area contributed by atoms with Crippen molar-refractivity contribution in [3.8, 4) is 0 Å². The first-order valence-electron chi connectivity index (χ1n) is 8.97. The molecule has 0 unspecified atom stereocenters. The third-order valence-corrected chi connectivity index (χ3v) is 4.97. The number of H-pyrrole nitrogens is 1. The SMILES string of the molecule is [2H]C([2H])(CC)S(=O)(=O)Nc1ccc(F)c(C(=O)c2c[nH]c3ncc(C)cc23)c1F. The Kier molecular flexibility index (Phi) is 4.29. The molecule has 3 aromatic rings. The molecule has 0 amide bonds. The summed E-state index contributed by atoms with van der Waals surface area (Å²) in [6, 6.07) is 3.17. The van der Waals surface area contributed by atoms with E-state index in [4.69, 9.17) is 2.74 Å². The monoisotopic (exact) mass is 395 g/mol. The first-order valence-corrected chi connectivity index (χ1v) is 9.45. The van der Waals surface area contributed by atoms with Crippen molar-refractivity contribution >= 4 is 32.5 Å². The van der Waals surface area contributed by atoms with Gasteiger partial charge < -0.3 is 4.98 Å². The number of rotatable bonds is 6. The van der Waals surface area contributed by atoms with Gasteiger partial charge in [0.05, 0.1) is 17.0 Å². The minimum atomic E-state index is -4.64. The number of aromatic nitrogens is 2. The van der Waals surface area contributed by atoms with Crippen LogP contribution in [0.3, 0.4) is 0 Å². The van der Waals surface area contributed by atoms with Crippen LogP contribution in [-0.2, 0) is 10.0 Å². The second kappa shape index (κ2) is 7.07. The van der Waals surface area contributed by atoms with Crippen molar-refractivity contribution in [3.05, 3.63) is 58.9 Å². The smallest absolute Gasteiger partial charge is 0.232 e. The van der Waals surface area contributed by atoms with Gasteiger partial charge in [0.1, 0.15) is 11.5 Å². The van der Waals surface area contributed by atoms with E-state index in [1.54, 1.807) is 23.9 Å². The van der Waals surface area contributed by atoms with Crippen molar-refractivity contribution in [2.45, 2.75) is 20.3 Å². The van der Waals surface area contributed by atoms with Gasteiger partial charge in [-0.2, -0.15) is 0 Å². The van der Waals surface area contributed by atoms with Crippen molar-refractivity contribution in [1.29, 1.82) is 0 Å². The zero-order chi connectivity index (χ0) is 21.6. The van der Waals surface area contributed by atoms with Crippen LogP contribution in [-0.4, -0.2) is 29.9 Å². The molecule has 27 heavy (non-hydrogen) atoms. The van der Waals surface area contributed by atoms with Crippen molar-refractivity contribution in [2.75, 3.05) is 10.4 Å². The molecule has 3 rings (SSSR count). The van der Waals surface area contributed by atoms with Crippen LogP contribution in [0, 0.1) is 18.6 Å². The van der Waals surface area contributed by atoms with E-state index in [-0.39, 0.29) is 5.56 Å². The molecule has 142 valence electrons. The molecule has 0 spiro atoms. The first kappa shape index (κ1) is 16.4. The summed E-state index contributed by atoms with van der Waals surface area (Å²) in [7, 11) is -4.64. The Bertz CT molecular complexity index is 1230. The number of hydrogen-bond donors (Lipinski definition) is 2. The number of aryl methyl sites for hydroxylation is 1. The number of fused-ring (bicyclic) bond motifs is 1. The van der Waals surface area contributed by atoms with Crippen molar-refractivity contribution in [2.24, 2.45) is 0 Å². The number of ketones is 1. The fraction of sp³-hybridized carbons (Fsp3) is 0.222. The molecule has 2 aromatic heterocycles. The molecule has 0 aliphatic heterocycles. The highest BCUT2D eigenvalue weighted by atomic mass is 32.2. The van der Waals surface area contributed by atoms with Crippen LogP contribution in [0.15, 0.2) is 30.6 Å². The lowest BCUT2D eigenvalue weighted by atomic mass is 10.0. The number of carbonyl (C=O) groups excluding carboxylic acids is 1. The molecule has 2 N–H and O–H groups in total. The molecule has 0 saturated carbocycles. The highest BCUT2D eigenvalue weighted by Gasteiger charge is 2.25. The fourth-order valence-electron chi connectivity index (χ4n) is 2.64. The van der Waals surface area contributed by atoms with Gasteiger partial charge in [0.25, 0.3) is 0 Å². The second-order valence-electron chi connectivity index (χ2n) is 5.83. The number of benzene rings is 1. The summed E-state index contributed by atoms with van der Waals surface area (Å²) >= 11 is 0. The largest absolute Gasteiger partial charge is 0.345 e. The van der Waals surface area contributed by atoms with Gasteiger partial charge in [0, 0.05) is 26.1 Å². The maximum absolute atomic E-state index is 14.9. The zero-order valence-electron chi connectivity index (χ0n) is 16.4. The van der Waals surface area contributed by atoms with Crippen molar-refractivity contribution in [3.63, 3.8) is 0 Å². The lowest BCUT2D eigenvalue weighted by molar-refractivity contribution is 0.103. The summed E-state index contributed by atoms with van der Waals surface area (Å²) in [6.07, 6.45) is 2.44. The van der Waals surface area contributed by atoms with E-state index in [0.29, 0.717) is 11.0 Å². The van der Waals surface area contributed by atoms with Gasteiger partial charge in [-0.1, -0.05) is 6.92 Å². The molecule has 0 radical (unpaired) electrons. The predicted molar refractivity (Wildman–Crippen MR) is 98.3 cm³/mol. The van der Waals surface area contributed by atoms with Gasteiger partial charge in [-0.25, -0.2) is 22.2 Å². The average Bonchev–Trinajstić information content (AvgIpc) is 3.06. The lowest BCUT2D eigenvalue weighted by Gasteiger charge is -2.11. The number of hydrogen-bond acceptors (Lipinski definition) is 4. The Morgan fingerprint density at radius 3 is 2.81 bits per heavy atom. The van der Waals surface area contributed by atoms with Gasteiger partial charge in [0.15, 0.2) is 5.82 Å². The number of nitrogens with one attached hydrogen (secondary N) is 2. The van der Waals surface area contributed by atoms with Crippen LogP contribution in [0.1, 0.15) is 37.6 Å². The van der Waals surface area contributed by atoms with E-state index in [0.717, 1.165) is 17.7 Å². The number of sulfonamides is 1. The predicted octanol–water partition coefficient (Wildman–Crippen LogP) is 3.53. The molecule has 6 nitrogen and oxygen atoms in total. The summed E-state index contributed by atoms with van der Waals surface area (Å²) < 4.78 is 70.5. The van der Waals surface area contributed by atoms with Gasteiger partial charge in [-0.05, 0) is 37.1 Å². The Labute approximate surface area is 157 Å². The zero-order valence-corrected chi connectivity index (χ0v) is 15.2. The standard InChI is InChI=1S/C18H17F2N3O3S/c1-3-6-27(25,26)23-14-5-4-13(19)15(16(14)20)17(24)12-9-22-18-11(12)7-10(2)8-21-18/h4-5,7-9,23H,3,6H2,1-2H3,(H,21,22)/i6D2. The maximum atomic E-state index is 14.9. The lowest BCUT2D eigenvalue weighted by Crippen LogP contribution is -2.18. The molecule has 0 bridgehead atoms. The van der Waals surface area contributed by atoms with Crippen LogP contribution >= 0.6 is 0 Å². The molecule has 1 aromatic carbocycles. The number of pyridine rings is 1. The van der Waals surface area contributed by atoms with Crippen LogP contribution in [0.4, 0.5) is 14.5 Å². The molecule has 0 fully saturated rings. The van der Waals surface area contributed by atoms with E-state index in [9.17, 15) is 22.0 Å². The number of aromatic amines is 1. The highest BCUT2D eigenvalue weighted by Crippen LogP contribution is 2.27. The summed E-state index contributed by atoms with van der Waals surface area (Å²) in [5.74, 6) is -3.61. The van der Waals surface area contributed by atoms with E-state index < -0.39 is 50.8 Å². The van der Waals surface area contributed by atoms with Crippen LogP contribution in [0.5, 0.6) is 0 Å². The quantitative estimate of drug-likeness (QED) is 0.625. The Morgan fingerprint density at radius 2 is 2.11 bits per heavy atom. The Balaban J connectivity index is 2.10. The third kappa shape index (κ3) is 3.68. The van der Waals surface area contributed by atoms with Crippen LogP contribution in [0.25, 0.3) is 11.0 Å². The second-order valence-corrected chi connectivity index (χ2v) is 7.33. The topological polar surface area (TPSA) is 91.9 Å². The molecule has 0 atom stereocenters. The van der Waals surface area contributed by atoms with Gasteiger partial charge in [-0.15, -0.1) is 0 Å². The van der Waals surface area contributed by atoms with E-state index in [1.165, 1.54) is 13.1 Å². The van der Waals surface area contributed by atoms with Crippen LogP contribution < -0.4 is 4.72 Å². The van der Waals surface area contributed by atoms with Crippen molar-refractivity contribution < 1.29 is 24.7 Å². The summed E-state index contributed by atoms with van der Waals surface area (Å²) in [5.41, 5.74) is -3.30. The van der Waals surface area contributed by atoms with E-state index >= 15 is 0 Å². The summed E-state index contributed by atoms with van der Waals surface area (Å²) in [5, 5.41) is 0.363. The van der Waals surface area contributed by atoms with Gasteiger partial charge >= 0.3 is 0 Å². The molecule has 0 aliphatic rings. The number of nitrogens with zero attached hydrogens (tertiary/aromatic N) is 1. The van der Waals surface area contributed by atoms with Gasteiger partial charge in [0.2, 0.25) is 15.8 Å². The minimum Gasteiger partial charge on any atom is -0.345 e. The average molecular weight is 395 g/mol. The molecule has 0 saturated heterocycles. The Morgan fingerprint density at radius 1 is 1.37 bits per heavy atom. The number of halogens is 2. The normalized spacial score (nSPS) is 13.3. The molecular formula is C18H17F2N3O3S. The Hall–Kier alpha value is -2.81. The molecule has 2 heterocycles. The molecule has 0 aliphatic carbocycles. The maximum Gasteiger partial charge on any atom is 0.232 e. The minimum absolute atomic E-state index is 0.0297. The van der Waals surface area contributed by atoms with E-state index in [2.05, 4.69) is 9.97 Å². The molecular weight excluding hydrogens is 376 g/mol. The molecule has 9 heteroatoms. The van der Waals surface area contributed by atoms with Crippen molar-refractivity contribution in [1.82, 2.24) is 9.97 Å². The van der Waals surface area contributed by atoms with Crippen LogP contribution in [0.2, 0.25) is 0 Å². The van der Waals surface area contributed by atoms with E-state index in [1.807, 2.05) is 0 Å².